The van der Waals surface area contributed by atoms with Gasteiger partial charge in [-0.05, 0) is 25.5 Å². The van der Waals surface area contributed by atoms with E-state index in [0.717, 1.165) is 0 Å². The van der Waals surface area contributed by atoms with Crippen LogP contribution in [0.25, 0.3) is 17.1 Å². The van der Waals surface area contributed by atoms with E-state index in [0.29, 0.717) is 28.4 Å². The van der Waals surface area contributed by atoms with Gasteiger partial charge in [0.25, 0.3) is 5.56 Å². The molecule has 0 fully saturated rings. The van der Waals surface area contributed by atoms with E-state index in [-0.39, 0.29) is 18.4 Å². The SMILES string of the molecule is Cc1nc2cc(-c3ccco3)[nH]n2c(=O)c1CCC(=O)O. The number of carboxylic acids is 1. The lowest BCUT2D eigenvalue weighted by Gasteiger charge is -2.03. The number of hydrogen-bond acceptors (Lipinski definition) is 4. The van der Waals surface area contributed by atoms with Crippen molar-refractivity contribution in [3.8, 4) is 11.5 Å². The first kappa shape index (κ1) is 13.2. The molecule has 0 amide bonds. The standard InChI is InChI=1S/C14H13N3O4/c1-8-9(4-5-13(18)19)14(20)17-12(15-8)7-10(16-17)11-3-2-6-21-11/h2-3,6-7,16H,4-5H2,1H3,(H,18,19). The highest BCUT2D eigenvalue weighted by Gasteiger charge is 2.14. The van der Waals surface area contributed by atoms with Crippen LogP contribution in [-0.4, -0.2) is 25.7 Å². The number of rotatable bonds is 4. The van der Waals surface area contributed by atoms with Crippen LogP contribution >= 0.6 is 0 Å². The summed E-state index contributed by atoms with van der Waals surface area (Å²) in [5.41, 5.74) is 1.79. The fourth-order valence-electron chi connectivity index (χ4n) is 2.25. The number of furan rings is 1. The fourth-order valence-corrected chi connectivity index (χ4v) is 2.25. The van der Waals surface area contributed by atoms with Gasteiger partial charge in [0.15, 0.2) is 11.4 Å². The van der Waals surface area contributed by atoms with E-state index in [1.54, 1.807) is 31.4 Å². The Balaban J connectivity index is 2.11. The number of carboxylic acid groups (broad SMARTS) is 1. The maximum atomic E-state index is 12.4. The minimum absolute atomic E-state index is 0.102. The van der Waals surface area contributed by atoms with Gasteiger partial charge in [-0.25, -0.2) is 9.50 Å². The van der Waals surface area contributed by atoms with E-state index in [2.05, 4.69) is 10.1 Å². The molecule has 0 aliphatic carbocycles. The van der Waals surface area contributed by atoms with Crippen LogP contribution in [-0.2, 0) is 11.2 Å². The van der Waals surface area contributed by atoms with Gasteiger partial charge < -0.3 is 9.52 Å². The van der Waals surface area contributed by atoms with Gasteiger partial charge in [-0.2, -0.15) is 0 Å². The minimum Gasteiger partial charge on any atom is -0.481 e. The molecule has 0 saturated heterocycles. The summed E-state index contributed by atoms with van der Waals surface area (Å²) in [6.45, 7) is 1.71. The lowest BCUT2D eigenvalue weighted by molar-refractivity contribution is -0.136. The summed E-state index contributed by atoms with van der Waals surface area (Å²) in [5, 5.41) is 11.7. The van der Waals surface area contributed by atoms with Gasteiger partial charge in [-0.1, -0.05) is 0 Å². The van der Waals surface area contributed by atoms with Crippen LogP contribution in [0.5, 0.6) is 0 Å². The second-order valence-corrected chi connectivity index (χ2v) is 4.72. The highest BCUT2D eigenvalue weighted by Crippen LogP contribution is 2.19. The number of aromatic amines is 1. The first-order valence-corrected chi connectivity index (χ1v) is 6.43. The maximum Gasteiger partial charge on any atom is 0.303 e. The summed E-state index contributed by atoms with van der Waals surface area (Å²) < 4.78 is 6.58. The molecule has 7 nitrogen and oxygen atoms in total. The summed E-state index contributed by atoms with van der Waals surface area (Å²) in [7, 11) is 0. The number of aryl methyl sites for hydroxylation is 1. The molecule has 3 heterocycles. The van der Waals surface area contributed by atoms with Crippen molar-refractivity contribution in [2.45, 2.75) is 19.8 Å². The molecular weight excluding hydrogens is 274 g/mol. The third kappa shape index (κ3) is 2.33. The molecule has 0 atom stereocenters. The third-order valence-corrected chi connectivity index (χ3v) is 3.29. The van der Waals surface area contributed by atoms with E-state index in [9.17, 15) is 9.59 Å². The maximum absolute atomic E-state index is 12.4. The average Bonchev–Trinajstić information content (AvgIpc) is 3.05. The monoisotopic (exact) mass is 287 g/mol. The lowest BCUT2D eigenvalue weighted by Crippen LogP contribution is -2.22. The number of nitrogens with one attached hydrogen (secondary N) is 1. The molecule has 2 N–H and O–H groups in total. The topological polar surface area (TPSA) is 101 Å². The first-order valence-electron chi connectivity index (χ1n) is 6.43. The summed E-state index contributed by atoms with van der Waals surface area (Å²) in [4.78, 5) is 27.4. The lowest BCUT2D eigenvalue weighted by atomic mass is 10.1. The molecule has 0 aromatic carbocycles. The third-order valence-electron chi connectivity index (χ3n) is 3.29. The second kappa shape index (κ2) is 4.93. The van der Waals surface area contributed by atoms with Crippen LogP contribution in [0.15, 0.2) is 33.7 Å². The van der Waals surface area contributed by atoms with Crippen LogP contribution in [0.3, 0.4) is 0 Å². The predicted molar refractivity (Wildman–Crippen MR) is 74.2 cm³/mol. The molecule has 0 spiro atoms. The first-order chi connectivity index (χ1) is 10.1. The van der Waals surface area contributed by atoms with Gasteiger partial charge in [0.05, 0.1) is 6.26 Å². The Hall–Kier alpha value is -2.83. The molecule has 0 unspecified atom stereocenters. The Kier molecular flexibility index (Phi) is 3.09. The van der Waals surface area contributed by atoms with Gasteiger partial charge in [0, 0.05) is 23.7 Å². The number of fused-ring (bicyclic) bond motifs is 1. The Morgan fingerprint density at radius 1 is 1.52 bits per heavy atom. The van der Waals surface area contributed by atoms with E-state index in [4.69, 9.17) is 9.52 Å². The summed E-state index contributed by atoms with van der Waals surface area (Å²) >= 11 is 0. The van der Waals surface area contributed by atoms with Crippen LogP contribution in [0.2, 0.25) is 0 Å². The summed E-state index contributed by atoms with van der Waals surface area (Å²) in [6.07, 6.45) is 1.60. The van der Waals surface area contributed by atoms with E-state index in [1.807, 2.05) is 0 Å². The number of nitrogens with zero attached hydrogens (tertiary/aromatic N) is 2. The quantitative estimate of drug-likeness (QED) is 0.759. The van der Waals surface area contributed by atoms with Crippen LogP contribution in [0, 0.1) is 6.92 Å². The van der Waals surface area contributed by atoms with Gasteiger partial charge in [-0.15, -0.1) is 0 Å². The van der Waals surface area contributed by atoms with Crippen molar-refractivity contribution in [2.24, 2.45) is 0 Å². The molecule has 0 saturated carbocycles. The van der Waals surface area contributed by atoms with Crippen molar-refractivity contribution in [3.63, 3.8) is 0 Å². The van der Waals surface area contributed by atoms with Crippen molar-refractivity contribution in [3.05, 3.63) is 46.1 Å². The number of hydrogen-bond donors (Lipinski definition) is 2. The second-order valence-electron chi connectivity index (χ2n) is 4.72. The largest absolute Gasteiger partial charge is 0.481 e. The predicted octanol–water partition coefficient (Wildman–Crippen LogP) is 1.61. The van der Waals surface area contributed by atoms with Crippen molar-refractivity contribution >= 4 is 11.6 Å². The summed E-state index contributed by atoms with van der Waals surface area (Å²) in [5.74, 6) is -0.341. The zero-order valence-corrected chi connectivity index (χ0v) is 11.3. The molecular formula is C14H13N3O4. The number of aromatic nitrogens is 3. The van der Waals surface area contributed by atoms with Gasteiger partial charge in [0.2, 0.25) is 0 Å². The Morgan fingerprint density at radius 2 is 2.33 bits per heavy atom. The molecule has 0 bridgehead atoms. The van der Waals surface area contributed by atoms with Crippen LogP contribution in [0.4, 0.5) is 0 Å². The van der Waals surface area contributed by atoms with Crippen LogP contribution < -0.4 is 5.56 Å². The van der Waals surface area contributed by atoms with Crippen molar-refractivity contribution in [1.82, 2.24) is 14.6 Å². The van der Waals surface area contributed by atoms with E-state index >= 15 is 0 Å². The highest BCUT2D eigenvalue weighted by molar-refractivity contribution is 5.67. The number of H-pyrrole nitrogens is 1. The van der Waals surface area contributed by atoms with Crippen molar-refractivity contribution in [2.75, 3.05) is 0 Å². The van der Waals surface area contributed by atoms with Crippen molar-refractivity contribution < 1.29 is 14.3 Å². The van der Waals surface area contributed by atoms with Gasteiger partial charge in [0.1, 0.15) is 5.69 Å². The normalized spacial score (nSPS) is 11.1. The molecule has 0 radical (unpaired) electrons. The Labute approximate surface area is 118 Å². The molecule has 3 rings (SSSR count). The zero-order valence-electron chi connectivity index (χ0n) is 11.3. The smallest absolute Gasteiger partial charge is 0.303 e. The van der Waals surface area contributed by atoms with E-state index in [1.165, 1.54) is 4.52 Å². The molecule has 108 valence electrons. The molecule has 7 heteroatoms. The van der Waals surface area contributed by atoms with Crippen molar-refractivity contribution in [1.29, 1.82) is 0 Å². The summed E-state index contributed by atoms with van der Waals surface area (Å²) in [6, 6.07) is 5.24. The van der Waals surface area contributed by atoms with Gasteiger partial charge in [-0.3, -0.25) is 14.7 Å². The molecule has 3 aromatic rings. The number of carbonyl (C=O) groups is 1. The van der Waals surface area contributed by atoms with Crippen LogP contribution in [0.1, 0.15) is 17.7 Å². The zero-order chi connectivity index (χ0) is 15.0. The fraction of sp³-hybridized carbons (Fsp3) is 0.214. The minimum atomic E-state index is -0.943. The molecule has 0 aliphatic rings. The Bertz CT molecular complexity index is 858. The molecule has 0 aliphatic heterocycles. The Morgan fingerprint density at radius 3 is 3.00 bits per heavy atom. The van der Waals surface area contributed by atoms with Gasteiger partial charge >= 0.3 is 5.97 Å². The highest BCUT2D eigenvalue weighted by atomic mass is 16.4. The number of aliphatic carboxylic acids is 1. The van der Waals surface area contributed by atoms with E-state index < -0.39 is 5.97 Å². The molecule has 3 aromatic heterocycles. The average molecular weight is 287 g/mol. The molecule has 21 heavy (non-hydrogen) atoms.